The van der Waals surface area contributed by atoms with E-state index in [1.165, 1.54) is 18.2 Å². The van der Waals surface area contributed by atoms with E-state index in [1.54, 1.807) is 0 Å². The van der Waals surface area contributed by atoms with E-state index in [2.05, 4.69) is 5.32 Å². The Morgan fingerprint density at radius 1 is 0.882 bits per heavy atom. The lowest BCUT2D eigenvalue weighted by atomic mass is 9.95. The molecule has 1 fully saturated rings. The Kier molecular flexibility index (Phi) is 9.66. The van der Waals surface area contributed by atoms with Gasteiger partial charge in [-0.15, -0.1) is 0 Å². The van der Waals surface area contributed by atoms with Crippen molar-refractivity contribution in [1.82, 2.24) is 5.32 Å². The topological polar surface area (TPSA) is 144 Å². The van der Waals surface area contributed by atoms with E-state index in [0.717, 1.165) is 27.7 Å². The predicted octanol–water partition coefficient (Wildman–Crippen LogP) is 1.81. The van der Waals surface area contributed by atoms with Gasteiger partial charge in [0.15, 0.2) is 12.2 Å². The maximum absolute atomic E-state index is 13.0. The number of nitrogens with one attached hydrogen (secondary N) is 1. The van der Waals surface area contributed by atoms with Crippen LogP contribution in [-0.4, -0.2) is 67.0 Å². The second-order valence-corrected chi connectivity index (χ2v) is 8.07. The van der Waals surface area contributed by atoms with Crippen molar-refractivity contribution in [2.24, 2.45) is 0 Å². The number of ether oxygens (including phenoxy) is 5. The maximum atomic E-state index is 13.0. The van der Waals surface area contributed by atoms with Crippen LogP contribution in [0.25, 0.3) is 0 Å². The van der Waals surface area contributed by atoms with Crippen molar-refractivity contribution in [3.8, 4) is 0 Å². The van der Waals surface area contributed by atoms with Gasteiger partial charge in [0.1, 0.15) is 18.8 Å². The maximum Gasteiger partial charge on any atom is 0.305 e. The molecule has 0 saturated carbocycles. The van der Waals surface area contributed by atoms with Crippen LogP contribution in [0, 0.1) is 0 Å². The molecule has 0 bridgehead atoms. The summed E-state index contributed by atoms with van der Waals surface area (Å²) in [6, 6.07) is 2.80. The Hall–Kier alpha value is -2.89. The summed E-state index contributed by atoms with van der Waals surface area (Å²) in [6.07, 6.45) is -5.44. The van der Waals surface area contributed by atoms with Gasteiger partial charge in [-0.3, -0.25) is 24.0 Å². The molecule has 5 atom stereocenters. The van der Waals surface area contributed by atoms with Crippen LogP contribution in [0.5, 0.6) is 0 Å². The van der Waals surface area contributed by atoms with Crippen molar-refractivity contribution in [3.63, 3.8) is 0 Å². The second-order valence-electron chi connectivity index (χ2n) is 7.23. The lowest BCUT2D eigenvalue weighted by molar-refractivity contribution is -0.270. The molecule has 1 aliphatic heterocycles. The fraction of sp³-hybridized carbons (Fsp3) is 0.476. The molecule has 1 saturated heterocycles. The summed E-state index contributed by atoms with van der Waals surface area (Å²) in [5.74, 6) is -3.75. The molecule has 1 aromatic rings. The average Bonchev–Trinajstić information content (AvgIpc) is 2.69. The fourth-order valence-corrected chi connectivity index (χ4v) is 3.72. The minimum Gasteiger partial charge on any atom is -0.463 e. The Morgan fingerprint density at radius 3 is 2.00 bits per heavy atom. The number of carbonyl (C=O) groups is 5. The summed E-state index contributed by atoms with van der Waals surface area (Å²) in [5.41, 5.74) is 0.0142. The molecule has 1 amide bonds. The molecule has 0 unspecified atom stereocenters. The first-order valence-electron chi connectivity index (χ1n) is 9.95. The first kappa shape index (κ1) is 27.4. The molecule has 2 rings (SSSR count). The van der Waals surface area contributed by atoms with E-state index in [4.69, 9.17) is 46.9 Å². The molecule has 1 aromatic carbocycles. The molecule has 186 valence electrons. The van der Waals surface area contributed by atoms with Crippen molar-refractivity contribution in [2.45, 2.75) is 58.3 Å². The van der Waals surface area contributed by atoms with Gasteiger partial charge in [0.25, 0.3) is 5.91 Å². The number of hydrogen-bond donors (Lipinski definition) is 1. The van der Waals surface area contributed by atoms with Gasteiger partial charge in [-0.1, -0.05) is 23.2 Å². The van der Waals surface area contributed by atoms with Crippen molar-refractivity contribution in [3.05, 3.63) is 33.8 Å². The third-order valence-electron chi connectivity index (χ3n) is 4.46. The lowest BCUT2D eigenvalue weighted by Crippen LogP contribution is -2.67. The highest BCUT2D eigenvalue weighted by atomic mass is 35.5. The van der Waals surface area contributed by atoms with Crippen LogP contribution < -0.4 is 5.32 Å². The van der Waals surface area contributed by atoms with Crippen molar-refractivity contribution in [1.29, 1.82) is 0 Å². The number of amides is 1. The smallest absolute Gasteiger partial charge is 0.305 e. The summed E-state index contributed by atoms with van der Waals surface area (Å²) in [6.45, 7) is 4.02. The number of halogens is 2. The minimum atomic E-state index is -1.51. The van der Waals surface area contributed by atoms with Crippen LogP contribution in [0.3, 0.4) is 0 Å². The number of hydrogen-bond acceptors (Lipinski definition) is 10. The van der Waals surface area contributed by atoms with Gasteiger partial charge in [-0.25, -0.2) is 0 Å². The largest absolute Gasteiger partial charge is 0.463 e. The Labute approximate surface area is 204 Å². The first-order chi connectivity index (χ1) is 15.9. The fourth-order valence-electron chi connectivity index (χ4n) is 3.22. The van der Waals surface area contributed by atoms with E-state index in [0.29, 0.717) is 5.02 Å². The molecule has 1 heterocycles. The van der Waals surface area contributed by atoms with Crippen LogP contribution in [-0.2, 0) is 42.9 Å². The van der Waals surface area contributed by atoms with Crippen LogP contribution in [0.4, 0.5) is 0 Å². The zero-order chi connectivity index (χ0) is 25.6. The highest BCUT2D eigenvalue weighted by Gasteiger charge is 2.52. The minimum absolute atomic E-state index is 0.0142. The Balaban J connectivity index is 2.48. The van der Waals surface area contributed by atoms with Crippen LogP contribution in [0.1, 0.15) is 38.1 Å². The molecule has 34 heavy (non-hydrogen) atoms. The summed E-state index contributed by atoms with van der Waals surface area (Å²) in [7, 11) is 0. The van der Waals surface area contributed by atoms with E-state index in [-0.39, 0.29) is 10.6 Å². The molecular formula is C21H23Cl2NO10. The van der Waals surface area contributed by atoms with Crippen molar-refractivity contribution >= 4 is 53.0 Å². The molecule has 13 heteroatoms. The van der Waals surface area contributed by atoms with E-state index < -0.39 is 67.0 Å². The van der Waals surface area contributed by atoms with Gasteiger partial charge in [0.05, 0.1) is 10.6 Å². The summed E-state index contributed by atoms with van der Waals surface area (Å²) in [4.78, 5) is 59.7. The van der Waals surface area contributed by atoms with Gasteiger partial charge in [0.2, 0.25) is 6.29 Å². The average molecular weight is 520 g/mol. The van der Waals surface area contributed by atoms with Crippen LogP contribution in [0.15, 0.2) is 18.2 Å². The van der Waals surface area contributed by atoms with Gasteiger partial charge >= 0.3 is 23.9 Å². The van der Waals surface area contributed by atoms with Crippen LogP contribution in [0.2, 0.25) is 10.0 Å². The molecule has 0 radical (unpaired) electrons. The molecular weight excluding hydrogens is 497 g/mol. The van der Waals surface area contributed by atoms with Crippen molar-refractivity contribution < 1.29 is 47.7 Å². The summed E-state index contributed by atoms with van der Waals surface area (Å²) in [5, 5.41) is 2.87. The summed E-state index contributed by atoms with van der Waals surface area (Å²) < 4.78 is 26.5. The van der Waals surface area contributed by atoms with E-state index >= 15 is 0 Å². The third kappa shape index (κ3) is 7.57. The van der Waals surface area contributed by atoms with Gasteiger partial charge in [-0.2, -0.15) is 0 Å². The van der Waals surface area contributed by atoms with Crippen LogP contribution >= 0.6 is 23.2 Å². The van der Waals surface area contributed by atoms with Gasteiger partial charge in [0, 0.05) is 32.7 Å². The zero-order valence-corrected chi connectivity index (χ0v) is 20.2. The number of rotatable bonds is 7. The number of esters is 4. The molecule has 1 aliphatic rings. The van der Waals surface area contributed by atoms with E-state index in [1.807, 2.05) is 0 Å². The quantitative estimate of drug-likeness (QED) is 0.418. The molecule has 0 spiro atoms. The molecule has 0 aromatic heterocycles. The van der Waals surface area contributed by atoms with Crippen molar-refractivity contribution in [2.75, 3.05) is 6.61 Å². The predicted molar refractivity (Wildman–Crippen MR) is 116 cm³/mol. The standard InChI is InChI=1S/C21H23Cl2NO10/c1-9(25)30-8-16-18(31-10(2)26)19(32-11(3)27)17(21(34-16)33-12(4)28)24-20(29)14-6-5-13(22)7-15(14)23/h5-7,16-19,21H,8H2,1-4H3,(H,24,29)/t16-,17-,18+,19+,21+/m0/s1. The highest BCUT2D eigenvalue weighted by molar-refractivity contribution is 6.36. The number of benzene rings is 1. The Morgan fingerprint density at radius 2 is 1.47 bits per heavy atom. The molecule has 0 aliphatic carbocycles. The second kappa shape index (κ2) is 12.0. The number of carbonyl (C=O) groups excluding carboxylic acids is 5. The highest BCUT2D eigenvalue weighted by Crippen LogP contribution is 2.29. The van der Waals surface area contributed by atoms with E-state index in [9.17, 15) is 24.0 Å². The normalized spacial score (nSPS) is 23.9. The molecule has 11 nitrogen and oxygen atoms in total. The Bertz CT molecular complexity index is 969. The monoisotopic (exact) mass is 519 g/mol. The zero-order valence-electron chi connectivity index (χ0n) is 18.7. The molecule has 1 N–H and O–H groups in total. The SMILES string of the molecule is CC(=O)OC[C@@H]1O[C@@H](OC(C)=O)[C@@H](NC(=O)c2ccc(Cl)cc2Cl)[C@@H](OC(C)=O)[C@@H]1OC(C)=O. The van der Waals surface area contributed by atoms with Gasteiger partial charge < -0.3 is 29.0 Å². The van der Waals surface area contributed by atoms with Gasteiger partial charge in [-0.05, 0) is 18.2 Å². The third-order valence-corrected chi connectivity index (χ3v) is 5.00. The first-order valence-corrected chi connectivity index (χ1v) is 10.7. The lowest BCUT2D eigenvalue weighted by Gasteiger charge is -2.44. The summed E-state index contributed by atoms with van der Waals surface area (Å²) >= 11 is 12.0.